The lowest BCUT2D eigenvalue weighted by atomic mass is 10.0. The Balaban J connectivity index is 1.73. The van der Waals surface area contributed by atoms with Crippen molar-refractivity contribution in [1.82, 2.24) is 0 Å². The molecule has 26 heavy (non-hydrogen) atoms. The molecule has 0 bridgehead atoms. The van der Waals surface area contributed by atoms with Gasteiger partial charge < -0.3 is 5.32 Å². The highest BCUT2D eigenvalue weighted by Crippen LogP contribution is 2.46. The summed E-state index contributed by atoms with van der Waals surface area (Å²) in [7, 11) is 0. The Hall–Kier alpha value is -1.29. The van der Waals surface area contributed by atoms with Crippen molar-refractivity contribution in [2.75, 3.05) is 5.32 Å². The summed E-state index contributed by atoms with van der Waals surface area (Å²) in [5.74, 6) is 0. The Labute approximate surface area is 176 Å². The molecule has 3 aromatic rings. The standard InChI is InChI=1S/C20H12F3I2N/c21-20(22,23)11-1-5-14(6-2-11)26-19-15-7-3-12(24)9-17(15)18-10-13(25)4-8-16(18)19/h1-10,19,26H. The van der Waals surface area contributed by atoms with Gasteiger partial charge in [-0.3, -0.25) is 0 Å². The quantitative estimate of drug-likeness (QED) is 0.321. The largest absolute Gasteiger partial charge is 0.416 e. The van der Waals surface area contributed by atoms with E-state index >= 15 is 0 Å². The molecule has 3 aromatic carbocycles. The SMILES string of the molecule is FC(F)(F)c1ccc(NC2c3ccc(I)cc3-c3cc(I)ccc32)cc1. The third-order valence-corrected chi connectivity index (χ3v) is 5.81. The van der Waals surface area contributed by atoms with Crippen molar-refractivity contribution in [3.05, 3.63) is 84.5 Å². The molecule has 0 saturated heterocycles. The summed E-state index contributed by atoms with van der Waals surface area (Å²) in [6.45, 7) is 0. The van der Waals surface area contributed by atoms with Gasteiger partial charge in [0, 0.05) is 12.8 Å². The first-order valence-electron chi connectivity index (χ1n) is 7.86. The van der Waals surface area contributed by atoms with Crippen LogP contribution in [0.3, 0.4) is 0 Å². The van der Waals surface area contributed by atoms with Gasteiger partial charge in [0.1, 0.15) is 0 Å². The molecular weight excluding hydrogens is 565 g/mol. The Kier molecular flexibility index (Phi) is 4.66. The molecule has 0 aromatic heterocycles. The molecule has 0 radical (unpaired) electrons. The zero-order valence-corrected chi connectivity index (χ0v) is 17.6. The van der Waals surface area contributed by atoms with E-state index < -0.39 is 11.7 Å². The zero-order valence-electron chi connectivity index (χ0n) is 13.2. The van der Waals surface area contributed by atoms with Crippen LogP contribution < -0.4 is 5.32 Å². The minimum absolute atomic E-state index is 0.0780. The number of nitrogens with one attached hydrogen (secondary N) is 1. The average molecular weight is 577 g/mol. The molecule has 1 nitrogen and oxygen atoms in total. The normalized spacial score (nSPS) is 13.4. The van der Waals surface area contributed by atoms with Crippen LogP contribution in [0, 0.1) is 7.14 Å². The van der Waals surface area contributed by atoms with Crippen molar-refractivity contribution in [2.45, 2.75) is 12.2 Å². The summed E-state index contributed by atoms with van der Waals surface area (Å²) < 4.78 is 40.6. The van der Waals surface area contributed by atoms with Crippen molar-refractivity contribution >= 4 is 50.9 Å². The number of halogens is 5. The number of hydrogen-bond acceptors (Lipinski definition) is 1. The lowest BCUT2D eigenvalue weighted by Gasteiger charge is -2.18. The molecule has 1 aliphatic carbocycles. The van der Waals surface area contributed by atoms with Crippen molar-refractivity contribution in [2.24, 2.45) is 0 Å². The molecule has 0 fully saturated rings. The van der Waals surface area contributed by atoms with Gasteiger partial charge in [-0.05, 0) is 116 Å². The lowest BCUT2D eigenvalue weighted by molar-refractivity contribution is -0.137. The average Bonchev–Trinajstić information content (AvgIpc) is 2.87. The molecule has 0 spiro atoms. The monoisotopic (exact) mass is 577 g/mol. The van der Waals surface area contributed by atoms with E-state index in [1.165, 1.54) is 23.3 Å². The topological polar surface area (TPSA) is 12.0 Å². The molecule has 1 aliphatic rings. The summed E-state index contributed by atoms with van der Waals surface area (Å²) in [4.78, 5) is 0. The van der Waals surface area contributed by atoms with Crippen LogP contribution in [0.15, 0.2) is 60.7 Å². The Morgan fingerprint density at radius 3 is 1.69 bits per heavy atom. The second-order valence-electron chi connectivity index (χ2n) is 6.12. The number of fused-ring (bicyclic) bond motifs is 3. The van der Waals surface area contributed by atoms with Gasteiger partial charge in [0.2, 0.25) is 0 Å². The van der Waals surface area contributed by atoms with Gasteiger partial charge in [0.25, 0.3) is 0 Å². The number of benzene rings is 3. The first-order valence-corrected chi connectivity index (χ1v) is 10.0. The van der Waals surface area contributed by atoms with Crippen molar-refractivity contribution in [3.8, 4) is 11.1 Å². The molecule has 1 N–H and O–H groups in total. The first-order chi connectivity index (χ1) is 12.3. The fraction of sp³-hybridized carbons (Fsp3) is 0.100. The molecule has 0 heterocycles. The van der Waals surface area contributed by atoms with E-state index in [1.807, 2.05) is 0 Å². The molecule has 6 heteroatoms. The molecular formula is C20H12F3I2N. The number of rotatable bonds is 2. The minimum Gasteiger partial charge on any atom is -0.374 e. The summed E-state index contributed by atoms with van der Waals surface area (Å²) in [5, 5.41) is 3.40. The van der Waals surface area contributed by atoms with E-state index in [2.05, 4.69) is 86.9 Å². The van der Waals surface area contributed by atoms with Crippen LogP contribution >= 0.6 is 45.2 Å². The highest BCUT2D eigenvalue weighted by atomic mass is 127. The van der Waals surface area contributed by atoms with Crippen LogP contribution in [0.25, 0.3) is 11.1 Å². The van der Waals surface area contributed by atoms with Crippen LogP contribution in [-0.2, 0) is 6.18 Å². The van der Waals surface area contributed by atoms with Gasteiger partial charge in [-0.2, -0.15) is 13.2 Å². The van der Waals surface area contributed by atoms with Crippen LogP contribution in [0.1, 0.15) is 22.7 Å². The molecule has 0 aliphatic heterocycles. The summed E-state index contributed by atoms with van der Waals surface area (Å²) in [5.41, 5.74) is 4.66. The van der Waals surface area contributed by atoms with Gasteiger partial charge in [-0.15, -0.1) is 0 Å². The Bertz CT molecular complexity index is 930. The number of anilines is 1. The van der Waals surface area contributed by atoms with Crippen molar-refractivity contribution in [3.63, 3.8) is 0 Å². The van der Waals surface area contributed by atoms with E-state index in [0.29, 0.717) is 5.69 Å². The molecule has 132 valence electrons. The highest BCUT2D eigenvalue weighted by Gasteiger charge is 2.31. The Morgan fingerprint density at radius 2 is 1.23 bits per heavy atom. The third-order valence-electron chi connectivity index (χ3n) is 4.47. The second-order valence-corrected chi connectivity index (χ2v) is 8.61. The maximum atomic E-state index is 12.8. The van der Waals surface area contributed by atoms with Gasteiger partial charge in [0.15, 0.2) is 0 Å². The highest BCUT2D eigenvalue weighted by molar-refractivity contribution is 14.1. The second kappa shape index (κ2) is 6.70. The van der Waals surface area contributed by atoms with Gasteiger partial charge in [-0.1, -0.05) is 12.1 Å². The van der Waals surface area contributed by atoms with Crippen LogP contribution in [-0.4, -0.2) is 0 Å². The fourth-order valence-corrected chi connectivity index (χ4v) is 4.25. The smallest absolute Gasteiger partial charge is 0.374 e. The lowest BCUT2D eigenvalue weighted by Crippen LogP contribution is -2.10. The van der Waals surface area contributed by atoms with E-state index in [1.54, 1.807) is 0 Å². The molecule has 0 saturated carbocycles. The van der Waals surface area contributed by atoms with Gasteiger partial charge >= 0.3 is 6.18 Å². The van der Waals surface area contributed by atoms with Crippen LogP contribution in [0.5, 0.6) is 0 Å². The molecule has 0 amide bonds. The zero-order chi connectivity index (χ0) is 18.5. The minimum atomic E-state index is -4.32. The van der Waals surface area contributed by atoms with Gasteiger partial charge in [0.05, 0.1) is 11.6 Å². The number of alkyl halides is 3. The van der Waals surface area contributed by atoms with E-state index in [0.717, 1.165) is 30.4 Å². The Morgan fingerprint density at radius 1 is 0.731 bits per heavy atom. The van der Waals surface area contributed by atoms with Gasteiger partial charge in [-0.25, -0.2) is 0 Å². The van der Waals surface area contributed by atoms with E-state index in [-0.39, 0.29) is 6.04 Å². The number of hydrogen-bond donors (Lipinski definition) is 1. The third kappa shape index (κ3) is 3.33. The predicted molar refractivity (Wildman–Crippen MR) is 114 cm³/mol. The predicted octanol–water partition coefficient (Wildman–Crippen LogP) is 7.10. The first kappa shape index (κ1) is 18.1. The van der Waals surface area contributed by atoms with Crippen molar-refractivity contribution < 1.29 is 13.2 Å². The van der Waals surface area contributed by atoms with E-state index in [4.69, 9.17) is 0 Å². The van der Waals surface area contributed by atoms with Crippen molar-refractivity contribution in [1.29, 1.82) is 0 Å². The summed E-state index contributed by atoms with van der Waals surface area (Å²) in [6.07, 6.45) is -4.32. The maximum absolute atomic E-state index is 12.8. The van der Waals surface area contributed by atoms with E-state index in [9.17, 15) is 13.2 Å². The fourth-order valence-electron chi connectivity index (χ4n) is 3.27. The summed E-state index contributed by atoms with van der Waals surface area (Å²) >= 11 is 4.59. The molecule has 4 rings (SSSR count). The summed E-state index contributed by atoms with van der Waals surface area (Å²) in [6, 6.07) is 17.7. The van der Waals surface area contributed by atoms with Crippen LogP contribution in [0.4, 0.5) is 18.9 Å². The molecule has 0 unspecified atom stereocenters. The van der Waals surface area contributed by atoms with Crippen LogP contribution in [0.2, 0.25) is 0 Å². The maximum Gasteiger partial charge on any atom is 0.416 e. The molecule has 0 atom stereocenters.